The van der Waals surface area contributed by atoms with Gasteiger partial charge in [0.2, 0.25) is 0 Å². The fraction of sp³-hybridized carbons (Fsp3) is 0.133. The maximum Gasteiger partial charge on any atom is 0.319 e. The van der Waals surface area contributed by atoms with E-state index in [9.17, 15) is 4.79 Å². The maximum atomic E-state index is 11.9. The van der Waals surface area contributed by atoms with Gasteiger partial charge in [-0.1, -0.05) is 6.07 Å². The van der Waals surface area contributed by atoms with Crippen molar-refractivity contribution >= 4 is 11.7 Å². The second-order valence-electron chi connectivity index (χ2n) is 4.29. The third-order valence-corrected chi connectivity index (χ3v) is 2.80. The summed E-state index contributed by atoms with van der Waals surface area (Å²) in [6.07, 6.45) is 3.36. The van der Waals surface area contributed by atoms with E-state index in [-0.39, 0.29) is 12.1 Å². The number of nitrogens with one attached hydrogen (secondary N) is 2. The molecule has 0 spiro atoms. The van der Waals surface area contributed by atoms with E-state index in [1.54, 1.807) is 36.7 Å². The van der Waals surface area contributed by atoms with Crippen molar-refractivity contribution in [2.75, 3.05) is 5.32 Å². The molecule has 1 atom stereocenters. The van der Waals surface area contributed by atoms with Crippen LogP contribution in [0.1, 0.15) is 24.1 Å². The van der Waals surface area contributed by atoms with E-state index in [2.05, 4.69) is 15.6 Å². The monoisotopic (exact) mass is 266 g/mol. The largest absolute Gasteiger partial charge is 0.331 e. The summed E-state index contributed by atoms with van der Waals surface area (Å²) in [5, 5.41) is 14.3. The zero-order valence-electron chi connectivity index (χ0n) is 11.0. The van der Waals surface area contributed by atoms with Gasteiger partial charge < -0.3 is 10.6 Å². The van der Waals surface area contributed by atoms with Gasteiger partial charge in [-0.05, 0) is 42.8 Å². The molecule has 2 aromatic rings. The van der Waals surface area contributed by atoms with Crippen LogP contribution in [-0.2, 0) is 0 Å². The Balaban J connectivity index is 1.97. The molecular formula is C15H14N4O. The number of hydrogen-bond acceptors (Lipinski definition) is 3. The fourth-order valence-electron chi connectivity index (χ4n) is 1.77. The summed E-state index contributed by atoms with van der Waals surface area (Å²) in [7, 11) is 0. The number of hydrogen-bond donors (Lipinski definition) is 2. The Morgan fingerprint density at radius 1 is 1.30 bits per heavy atom. The number of pyridine rings is 1. The lowest BCUT2D eigenvalue weighted by Gasteiger charge is -2.14. The number of nitriles is 1. The van der Waals surface area contributed by atoms with Crippen molar-refractivity contribution in [1.82, 2.24) is 10.3 Å². The minimum atomic E-state index is -0.315. The fourth-order valence-corrected chi connectivity index (χ4v) is 1.77. The summed E-state index contributed by atoms with van der Waals surface area (Å²) < 4.78 is 0. The molecule has 0 bridgehead atoms. The molecular weight excluding hydrogens is 252 g/mol. The van der Waals surface area contributed by atoms with Gasteiger partial charge in [-0.2, -0.15) is 5.26 Å². The second-order valence-corrected chi connectivity index (χ2v) is 4.29. The SMILES string of the molecule is C[C@@H](NC(=O)Nc1cccc(C#N)c1)c1ccncc1. The predicted molar refractivity (Wildman–Crippen MR) is 76.0 cm³/mol. The average Bonchev–Trinajstić information content (AvgIpc) is 2.48. The minimum absolute atomic E-state index is 0.128. The molecule has 5 nitrogen and oxygen atoms in total. The van der Waals surface area contributed by atoms with E-state index in [1.165, 1.54) is 0 Å². The first-order valence-corrected chi connectivity index (χ1v) is 6.16. The summed E-state index contributed by atoms with van der Waals surface area (Å²) in [4.78, 5) is 15.8. The highest BCUT2D eigenvalue weighted by Gasteiger charge is 2.09. The molecule has 2 rings (SSSR count). The smallest absolute Gasteiger partial charge is 0.319 e. The molecule has 1 aromatic heterocycles. The van der Waals surface area contributed by atoms with Gasteiger partial charge in [-0.25, -0.2) is 4.79 Å². The zero-order valence-corrected chi connectivity index (χ0v) is 11.0. The van der Waals surface area contributed by atoms with Gasteiger partial charge in [-0.3, -0.25) is 4.98 Å². The number of urea groups is 1. The van der Waals surface area contributed by atoms with Crippen LogP contribution >= 0.6 is 0 Å². The standard InChI is InChI=1S/C15H14N4O/c1-11(13-5-7-17-8-6-13)18-15(20)19-14-4-2-3-12(9-14)10-16/h2-9,11H,1H3,(H2,18,19,20)/t11-/m1/s1. The molecule has 0 aliphatic rings. The lowest BCUT2D eigenvalue weighted by Crippen LogP contribution is -2.31. The summed E-state index contributed by atoms with van der Waals surface area (Å²) >= 11 is 0. The summed E-state index contributed by atoms with van der Waals surface area (Å²) in [6, 6.07) is 12.0. The molecule has 0 aliphatic carbocycles. The van der Waals surface area contributed by atoms with Crippen LogP contribution in [0.2, 0.25) is 0 Å². The van der Waals surface area contributed by atoms with Crippen molar-refractivity contribution in [3.8, 4) is 6.07 Å². The summed E-state index contributed by atoms with van der Waals surface area (Å²) in [6.45, 7) is 1.89. The van der Waals surface area contributed by atoms with Crippen LogP contribution in [0.3, 0.4) is 0 Å². The van der Waals surface area contributed by atoms with Gasteiger partial charge in [0.15, 0.2) is 0 Å². The number of aromatic nitrogens is 1. The molecule has 1 heterocycles. The third-order valence-electron chi connectivity index (χ3n) is 2.80. The van der Waals surface area contributed by atoms with Crippen LogP contribution in [0, 0.1) is 11.3 Å². The Morgan fingerprint density at radius 3 is 2.75 bits per heavy atom. The Bertz CT molecular complexity index is 634. The summed E-state index contributed by atoms with van der Waals surface area (Å²) in [5.41, 5.74) is 2.06. The van der Waals surface area contributed by atoms with Gasteiger partial charge in [0, 0.05) is 18.1 Å². The first-order valence-electron chi connectivity index (χ1n) is 6.16. The zero-order chi connectivity index (χ0) is 14.4. The molecule has 100 valence electrons. The van der Waals surface area contributed by atoms with E-state index in [0.717, 1.165) is 5.56 Å². The lowest BCUT2D eigenvalue weighted by atomic mass is 10.1. The van der Waals surface area contributed by atoms with Crippen LogP contribution in [0.25, 0.3) is 0 Å². The van der Waals surface area contributed by atoms with Crippen LogP contribution in [-0.4, -0.2) is 11.0 Å². The number of amides is 2. The average molecular weight is 266 g/mol. The molecule has 2 N–H and O–H groups in total. The lowest BCUT2D eigenvalue weighted by molar-refractivity contribution is 0.249. The molecule has 0 aliphatic heterocycles. The van der Waals surface area contributed by atoms with E-state index >= 15 is 0 Å². The molecule has 1 aromatic carbocycles. The molecule has 5 heteroatoms. The van der Waals surface area contributed by atoms with Gasteiger partial charge in [0.25, 0.3) is 0 Å². The molecule has 0 radical (unpaired) electrons. The van der Waals surface area contributed by atoms with Gasteiger partial charge in [0.1, 0.15) is 0 Å². The number of nitrogens with zero attached hydrogens (tertiary/aromatic N) is 2. The number of benzene rings is 1. The van der Waals surface area contributed by atoms with Crippen molar-refractivity contribution in [3.05, 3.63) is 59.9 Å². The number of anilines is 1. The van der Waals surface area contributed by atoms with Crippen LogP contribution in [0.15, 0.2) is 48.8 Å². The van der Waals surface area contributed by atoms with Crippen LogP contribution < -0.4 is 10.6 Å². The molecule has 20 heavy (non-hydrogen) atoms. The Morgan fingerprint density at radius 2 is 2.05 bits per heavy atom. The molecule has 0 unspecified atom stereocenters. The number of carbonyl (C=O) groups is 1. The Labute approximate surface area is 117 Å². The van der Waals surface area contributed by atoms with Gasteiger partial charge >= 0.3 is 6.03 Å². The van der Waals surface area contributed by atoms with Gasteiger partial charge in [0.05, 0.1) is 17.7 Å². The van der Waals surface area contributed by atoms with Crippen molar-refractivity contribution in [2.24, 2.45) is 0 Å². The Kier molecular flexibility index (Phi) is 4.30. The Hall–Kier alpha value is -2.87. The third kappa shape index (κ3) is 3.56. The van der Waals surface area contributed by atoms with E-state index < -0.39 is 0 Å². The first kappa shape index (κ1) is 13.6. The highest BCUT2D eigenvalue weighted by Crippen LogP contribution is 2.12. The highest BCUT2D eigenvalue weighted by molar-refractivity contribution is 5.89. The van der Waals surface area contributed by atoms with E-state index in [4.69, 9.17) is 5.26 Å². The minimum Gasteiger partial charge on any atom is -0.331 e. The van der Waals surface area contributed by atoms with Crippen molar-refractivity contribution in [2.45, 2.75) is 13.0 Å². The normalized spacial score (nSPS) is 11.2. The maximum absolute atomic E-state index is 11.9. The highest BCUT2D eigenvalue weighted by atomic mass is 16.2. The first-order chi connectivity index (χ1) is 9.69. The molecule has 0 saturated heterocycles. The van der Waals surface area contributed by atoms with Crippen molar-refractivity contribution in [1.29, 1.82) is 5.26 Å². The molecule has 0 saturated carbocycles. The van der Waals surface area contributed by atoms with E-state index in [0.29, 0.717) is 11.3 Å². The second kappa shape index (κ2) is 6.34. The molecule has 2 amide bonds. The van der Waals surface area contributed by atoms with Crippen molar-refractivity contribution < 1.29 is 4.79 Å². The van der Waals surface area contributed by atoms with Crippen molar-refractivity contribution in [3.63, 3.8) is 0 Å². The van der Waals surface area contributed by atoms with Crippen LogP contribution in [0.5, 0.6) is 0 Å². The number of rotatable bonds is 3. The summed E-state index contributed by atoms with van der Waals surface area (Å²) in [5.74, 6) is 0. The predicted octanol–water partition coefficient (Wildman–Crippen LogP) is 2.84. The number of carbonyl (C=O) groups excluding carboxylic acids is 1. The quantitative estimate of drug-likeness (QED) is 0.896. The topological polar surface area (TPSA) is 77.8 Å². The molecule has 0 fully saturated rings. The van der Waals surface area contributed by atoms with Crippen LogP contribution in [0.4, 0.5) is 10.5 Å². The van der Waals surface area contributed by atoms with Gasteiger partial charge in [-0.15, -0.1) is 0 Å². The van der Waals surface area contributed by atoms with E-state index in [1.807, 2.05) is 25.1 Å².